The van der Waals surface area contributed by atoms with Gasteiger partial charge >= 0.3 is 8.80 Å². The maximum absolute atomic E-state index is 6.06. The Hall–Kier alpha value is 0.337. The molecule has 0 fully saturated rings. The first kappa shape index (κ1) is 22.3. The highest BCUT2D eigenvalue weighted by molar-refractivity contribution is 8.22. The second-order valence-corrected chi connectivity index (χ2v) is 9.29. The number of ether oxygens (including phenoxy) is 1. The van der Waals surface area contributed by atoms with Crippen LogP contribution in [-0.2, 0) is 18.0 Å². The van der Waals surface area contributed by atoms with Gasteiger partial charge in [-0.1, -0.05) is 32.5 Å². The summed E-state index contributed by atoms with van der Waals surface area (Å²) in [5.74, 6) is 0.911. The zero-order chi connectivity index (χ0) is 16.7. The molecule has 0 amide bonds. The maximum Gasteiger partial charge on any atom is 0.500 e. The van der Waals surface area contributed by atoms with E-state index in [0.717, 1.165) is 37.5 Å². The fourth-order valence-electron chi connectivity index (χ4n) is 1.72. The van der Waals surface area contributed by atoms with E-state index in [4.69, 9.17) is 30.2 Å². The predicted molar refractivity (Wildman–Crippen MR) is 101 cm³/mol. The highest BCUT2D eigenvalue weighted by atomic mass is 32.2. The van der Waals surface area contributed by atoms with Crippen LogP contribution in [-0.4, -0.2) is 45.4 Å². The molecule has 0 unspecified atom stereocenters. The minimum absolute atomic E-state index is 0.619. The molecule has 7 heteroatoms. The van der Waals surface area contributed by atoms with E-state index in [1.165, 1.54) is 0 Å². The molecule has 132 valence electrons. The normalized spacial score (nSPS) is 11.6. The van der Waals surface area contributed by atoms with Crippen molar-refractivity contribution < 1.29 is 18.0 Å². The molecular weight excluding hydrogens is 336 g/mol. The minimum atomic E-state index is -2.55. The van der Waals surface area contributed by atoms with Gasteiger partial charge in [-0.15, -0.1) is 0 Å². The number of hydrogen-bond acceptors (Lipinski definition) is 6. The molecule has 4 nitrogen and oxygen atoms in total. The third-order valence-corrected chi connectivity index (χ3v) is 6.90. The lowest BCUT2D eigenvalue weighted by Gasteiger charge is -2.29. The van der Waals surface area contributed by atoms with Gasteiger partial charge in [0.15, 0.2) is 0 Å². The molecule has 0 bridgehead atoms. The molecule has 0 aliphatic rings. The number of thiocarbonyl (C=S) groups is 1. The van der Waals surface area contributed by atoms with Crippen LogP contribution in [0.4, 0.5) is 0 Å². The van der Waals surface area contributed by atoms with Crippen LogP contribution in [0.2, 0.25) is 6.04 Å². The zero-order valence-electron chi connectivity index (χ0n) is 14.5. The third kappa shape index (κ3) is 11.0. The molecule has 0 N–H and O–H groups in total. The van der Waals surface area contributed by atoms with Crippen molar-refractivity contribution in [3.05, 3.63) is 0 Å². The number of thioether (sulfide) groups is 1. The van der Waals surface area contributed by atoms with E-state index in [9.17, 15) is 0 Å². The molecule has 0 aromatic carbocycles. The first-order valence-electron chi connectivity index (χ1n) is 8.35. The largest absolute Gasteiger partial charge is 0.500 e. The first-order valence-corrected chi connectivity index (χ1v) is 11.7. The Morgan fingerprint density at radius 3 is 1.82 bits per heavy atom. The Kier molecular flexibility index (Phi) is 15.1. The first-order chi connectivity index (χ1) is 10.6. The summed E-state index contributed by atoms with van der Waals surface area (Å²) in [6.07, 6.45) is 3.88. The average Bonchev–Trinajstić information content (AvgIpc) is 2.52. The Balaban J connectivity index is 4.41. The van der Waals surface area contributed by atoms with Crippen molar-refractivity contribution in [2.45, 2.75) is 59.4 Å². The van der Waals surface area contributed by atoms with Crippen molar-refractivity contribution in [2.24, 2.45) is 0 Å². The van der Waals surface area contributed by atoms with Crippen LogP contribution < -0.4 is 0 Å². The van der Waals surface area contributed by atoms with Gasteiger partial charge in [-0.3, -0.25) is 0 Å². The van der Waals surface area contributed by atoms with Crippen molar-refractivity contribution in [1.29, 1.82) is 0 Å². The van der Waals surface area contributed by atoms with Crippen LogP contribution in [0.1, 0.15) is 53.4 Å². The standard InChI is InChI=1S/C15H32O4S2Si/c1-5-10-17-22(18-11-6-2,19-12-7-3)14-9-13-21-15(20)16-8-4/h5-14H2,1-4H3. The lowest BCUT2D eigenvalue weighted by Crippen LogP contribution is -2.46. The highest BCUT2D eigenvalue weighted by Gasteiger charge is 2.40. The Labute approximate surface area is 147 Å². The van der Waals surface area contributed by atoms with Crippen molar-refractivity contribution in [3.8, 4) is 0 Å². The van der Waals surface area contributed by atoms with Gasteiger partial charge in [-0.2, -0.15) is 0 Å². The molecule has 22 heavy (non-hydrogen) atoms. The van der Waals surface area contributed by atoms with E-state index in [1.54, 1.807) is 11.8 Å². The summed E-state index contributed by atoms with van der Waals surface area (Å²) in [7, 11) is -2.55. The molecule has 0 rings (SSSR count). The zero-order valence-corrected chi connectivity index (χ0v) is 17.2. The quantitative estimate of drug-likeness (QED) is 0.252. The molecule has 0 radical (unpaired) electrons. The summed E-state index contributed by atoms with van der Waals surface area (Å²) in [4.78, 5) is 0. The van der Waals surface area contributed by atoms with E-state index >= 15 is 0 Å². The van der Waals surface area contributed by atoms with Crippen LogP contribution in [0.15, 0.2) is 0 Å². The van der Waals surface area contributed by atoms with E-state index < -0.39 is 8.80 Å². The predicted octanol–water partition coefficient (Wildman–Crippen LogP) is 4.65. The Morgan fingerprint density at radius 1 is 0.909 bits per heavy atom. The van der Waals surface area contributed by atoms with Gasteiger partial charge in [0.1, 0.15) is 0 Å². The molecule has 0 aliphatic heterocycles. The second kappa shape index (κ2) is 14.9. The van der Waals surface area contributed by atoms with Gasteiger partial charge in [0, 0.05) is 31.6 Å². The second-order valence-electron chi connectivity index (χ2n) is 4.86. The van der Waals surface area contributed by atoms with Crippen LogP contribution in [0, 0.1) is 0 Å². The van der Waals surface area contributed by atoms with Crippen molar-refractivity contribution in [1.82, 2.24) is 0 Å². The molecule has 0 aromatic rings. The fraction of sp³-hybridized carbons (Fsp3) is 0.933. The van der Waals surface area contributed by atoms with E-state index in [-0.39, 0.29) is 0 Å². The average molecular weight is 369 g/mol. The molecule has 0 heterocycles. The molecule has 0 atom stereocenters. The SMILES string of the molecule is CCCO[Si](CCCSC(=S)OCC)(OCCC)OCCC. The lowest BCUT2D eigenvalue weighted by molar-refractivity contribution is 0.0591. The Morgan fingerprint density at radius 2 is 1.41 bits per heavy atom. The molecule has 0 spiro atoms. The van der Waals surface area contributed by atoms with E-state index in [1.807, 2.05) is 6.92 Å². The van der Waals surface area contributed by atoms with Crippen molar-refractivity contribution in [2.75, 3.05) is 32.2 Å². The number of hydrogen-bond donors (Lipinski definition) is 0. The lowest BCUT2D eigenvalue weighted by atomic mass is 10.5. The molecule has 0 saturated carbocycles. The monoisotopic (exact) mass is 368 g/mol. The topological polar surface area (TPSA) is 36.9 Å². The van der Waals surface area contributed by atoms with Gasteiger partial charge in [-0.05, 0) is 44.8 Å². The van der Waals surface area contributed by atoms with E-state index in [0.29, 0.717) is 30.8 Å². The summed E-state index contributed by atoms with van der Waals surface area (Å²) < 4.78 is 24.1. The minimum Gasteiger partial charge on any atom is -0.479 e. The van der Waals surface area contributed by atoms with Crippen LogP contribution in [0.5, 0.6) is 0 Å². The van der Waals surface area contributed by atoms with Crippen LogP contribution in [0.25, 0.3) is 0 Å². The van der Waals surface area contributed by atoms with E-state index in [2.05, 4.69) is 20.8 Å². The van der Waals surface area contributed by atoms with Gasteiger partial charge < -0.3 is 18.0 Å². The summed E-state index contributed by atoms with van der Waals surface area (Å²) >= 11 is 6.71. The van der Waals surface area contributed by atoms with Crippen LogP contribution >= 0.6 is 24.0 Å². The highest BCUT2D eigenvalue weighted by Crippen LogP contribution is 2.21. The van der Waals surface area contributed by atoms with Gasteiger partial charge in [0.25, 0.3) is 0 Å². The maximum atomic E-state index is 6.06. The van der Waals surface area contributed by atoms with Gasteiger partial charge in [0.05, 0.1) is 6.61 Å². The summed E-state index contributed by atoms with van der Waals surface area (Å²) in [6, 6.07) is 0.842. The smallest absolute Gasteiger partial charge is 0.479 e. The third-order valence-electron chi connectivity index (χ3n) is 2.69. The number of rotatable bonds is 14. The molecular formula is C15H32O4S2Si. The molecule has 0 aliphatic carbocycles. The molecule has 0 aromatic heterocycles. The van der Waals surface area contributed by atoms with Gasteiger partial charge in [0.2, 0.25) is 4.38 Å². The van der Waals surface area contributed by atoms with Crippen LogP contribution in [0.3, 0.4) is 0 Å². The van der Waals surface area contributed by atoms with Crippen molar-refractivity contribution >= 4 is 37.2 Å². The Bertz CT molecular complexity index is 258. The molecule has 0 saturated heterocycles. The fourth-order valence-corrected chi connectivity index (χ4v) is 5.84. The van der Waals surface area contributed by atoms with Crippen molar-refractivity contribution in [3.63, 3.8) is 0 Å². The van der Waals surface area contributed by atoms with Gasteiger partial charge in [-0.25, -0.2) is 0 Å². The summed E-state index contributed by atoms with van der Waals surface area (Å²) in [5, 5.41) is 0. The summed E-state index contributed by atoms with van der Waals surface area (Å²) in [5.41, 5.74) is 0. The summed E-state index contributed by atoms with van der Waals surface area (Å²) in [6.45, 7) is 11.0.